The number of rotatable bonds is 4. The summed E-state index contributed by atoms with van der Waals surface area (Å²) in [6.45, 7) is 0. The number of benzene rings is 2. The van der Waals surface area contributed by atoms with Crippen LogP contribution in [0.4, 0.5) is 0 Å². The molecule has 2 aromatic carbocycles. The van der Waals surface area contributed by atoms with Crippen molar-refractivity contribution in [2.45, 2.75) is 0 Å². The van der Waals surface area contributed by atoms with E-state index in [1.165, 1.54) is 11.3 Å². The summed E-state index contributed by atoms with van der Waals surface area (Å²) in [5.74, 6) is 2.06. The molecule has 0 fully saturated rings. The Hall–Kier alpha value is -3.45. The third kappa shape index (κ3) is 2.78. The molecule has 0 atom stereocenters. The zero-order chi connectivity index (χ0) is 18.2. The molecule has 5 aromatic rings. The van der Waals surface area contributed by atoms with Crippen molar-refractivity contribution in [3.8, 4) is 17.3 Å². The molecule has 0 amide bonds. The lowest BCUT2D eigenvalue weighted by molar-refractivity contribution is 0.414. The van der Waals surface area contributed by atoms with E-state index in [4.69, 9.17) is 9.15 Å². The SMILES string of the molecule is COc1ccccc1/C=C/c1nn2c(-c3cc4ccccc4o3)nnc2s1. The summed E-state index contributed by atoms with van der Waals surface area (Å²) in [6.07, 6.45) is 3.92. The van der Waals surface area contributed by atoms with Gasteiger partial charge in [-0.2, -0.15) is 9.61 Å². The highest BCUT2D eigenvalue weighted by atomic mass is 32.1. The number of methoxy groups -OCH3 is 1. The average molecular weight is 374 g/mol. The highest BCUT2D eigenvalue weighted by Crippen LogP contribution is 2.28. The van der Waals surface area contributed by atoms with Crippen molar-refractivity contribution in [1.29, 1.82) is 0 Å². The second-order valence-corrected chi connectivity index (χ2v) is 6.87. The van der Waals surface area contributed by atoms with E-state index in [1.54, 1.807) is 11.6 Å². The zero-order valence-corrected chi connectivity index (χ0v) is 15.2. The van der Waals surface area contributed by atoms with Crippen LogP contribution in [0.25, 0.3) is 39.7 Å². The Balaban J connectivity index is 1.52. The van der Waals surface area contributed by atoms with Gasteiger partial charge in [0.1, 0.15) is 16.3 Å². The topological polar surface area (TPSA) is 65.5 Å². The lowest BCUT2D eigenvalue weighted by Gasteiger charge is -2.02. The van der Waals surface area contributed by atoms with Crippen molar-refractivity contribution in [1.82, 2.24) is 19.8 Å². The molecule has 0 saturated heterocycles. The summed E-state index contributed by atoms with van der Waals surface area (Å²) in [4.78, 5) is 0.713. The maximum atomic E-state index is 5.90. The largest absolute Gasteiger partial charge is 0.496 e. The lowest BCUT2D eigenvalue weighted by Crippen LogP contribution is -1.89. The predicted octanol–water partition coefficient (Wildman–Crippen LogP) is 4.78. The standard InChI is InChI=1S/C20H14N4O2S/c1-25-15-8-4-2-6-13(15)10-11-18-23-24-19(21-22-20(24)27-18)17-12-14-7-3-5-9-16(14)26-17/h2-12H,1H3/b11-10+. The number of nitrogens with zero attached hydrogens (tertiary/aromatic N) is 4. The molecular formula is C20H14N4O2S. The van der Waals surface area contributed by atoms with Crippen LogP contribution in [0, 0.1) is 0 Å². The third-order valence-electron chi connectivity index (χ3n) is 4.20. The molecular weight excluding hydrogens is 360 g/mol. The van der Waals surface area contributed by atoms with E-state index in [0.29, 0.717) is 16.5 Å². The Bertz CT molecular complexity index is 1250. The highest BCUT2D eigenvalue weighted by molar-refractivity contribution is 7.17. The Morgan fingerprint density at radius 3 is 2.78 bits per heavy atom. The Labute approximate surface area is 158 Å². The molecule has 0 bridgehead atoms. The quantitative estimate of drug-likeness (QED) is 0.453. The smallest absolute Gasteiger partial charge is 0.235 e. The van der Waals surface area contributed by atoms with E-state index < -0.39 is 0 Å². The van der Waals surface area contributed by atoms with Crippen LogP contribution in [0.1, 0.15) is 10.6 Å². The zero-order valence-electron chi connectivity index (χ0n) is 14.4. The Morgan fingerprint density at radius 1 is 1.04 bits per heavy atom. The first-order valence-electron chi connectivity index (χ1n) is 8.34. The normalized spacial score (nSPS) is 11.7. The van der Waals surface area contributed by atoms with Crippen LogP contribution in [0.5, 0.6) is 5.75 Å². The molecule has 0 aliphatic rings. The fourth-order valence-electron chi connectivity index (χ4n) is 2.91. The van der Waals surface area contributed by atoms with E-state index in [-0.39, 0.29) is 0 Å². The molecule has 27 heavy (non-hydrogen) atoms. The third-order valence-corrected chi connectivity index (χ3v) is 5.06. The summed E-state index contributed by atoms with van der Waals surface area (Å²) in [7, 11) is 1.66. The van der Waals surface area contributed by atoms with Gasteiger partial charge in [0, 0.05) is 10.9 Å². The van der Waals surface area contributed by atoms with Crippen molar-refractivity contribution >= 4 is 39.4 Å². The van der Waals surface area contributed by atoms with E-state index in [9.17, 15) is 0 Å². The predicted molar refractivity (Wildman–Crippen MR) is 106 cm³/mol. The first kappa shape index (κ1) is 15.8. The summed E-state index contributed by atoms with van der Waals surface area (Å²) >= 11 is 1.46. The van der Waals surface area contributed by atoms with Gasteiger partial charge in [-0.1, -0.05) is 47.7 Å². The molecule has 0 spiro atoms. The molecule has 132 valence electrons. The van der Waals surface area contributed by atoms with Crippen LogP contribution in [0.3, 0.4) is 0 Å². The molecule has 0 saturated carbocycles. The summed E-state index contributed by atoms with van der Waals surface area (Å²) in [5.41, 5.74) is 1.80. The van der Waals surface area contributed by atoms with Gasteiger partial charge < -0.3 is 9.15 Å². The van der Waals surface area contributed by atoms with Crippen molar-refractivity contribution < 1.29 is 9.15 Å². The number of fused-ring (bicyclic) bond motifs is 2. The van der Waals surface area contributed by atoms with Crippen molar-refractivity contribution in [2.75, 3.05) is 7.11 Å². The fraction of sp³-hybridized carbons (Fsp3) is 0.0500. The minimum absolute atomic E-state index is 0.592. The van der Waals surface area contributed by atoms with Crippen LogP contribution in [0.15, 0.2) is 59.0 Å². The number of hydrogen-bond donors (Lipinski definition) is 0. The maximum Gasteiger partial charge on any atom is 0.235 e. The number of ether oxygens (including phenoxy) is 1. The minimum Gasteiger partial charge on any atom is -0.496 e. The monoisotopic (exact) mass is 374 g/mol. The van der Waals surface area contributed by atoms with Crippen LogP contribution in [-0.4, -0.2) is 26.9 Å². The fourth-order valence-corrected chi connectivity index (χ4v) is 3.65. The average Bonchev–Trinajstić information content (AvgIpc) is 3.39. The van der Waals surface area contributed by atoms with Gasteiger partial charge in [-0.05, 0) is 30.4 Å². The van der Waals surface area contributed by atoms with Crippen LogP contribution < -0.4 is 4.74 Å². The molecule has 0 N–H and O–H groups in total. The Kier molecular flexibility index (Phi) is 3.72. The summed E-state index contributed by atoms with van der Waals surface area (Å²) < 4.78 is 13.0. The maximum absolute atomic E-state index is 5.90. The van der Waals surface area contributed by atoms with Gasteiger partial charge in [-0.15, -0.1) is 10.2 Å². The second kappa shape index (κ2) is 6.37. The Morgan fingerprint density at radius 2 is 1.89 bits per heavy atom. The van der Waals surface area contributed by atoms with Gasteiger partial charge in [0.05, 0.1) is 7.11 Å². The van der Waals surface area contributed by atoms with E-state index in [2.05, 4.69) is 15.3 Å². The first-order chi connectivity index (χ1) is 13.3. The van der Waals surface area contributed by atoms with Crippen molar-refractivity contribution in [2.24, 2.45) is 0 Å². The van der Waals surface area contributed by atoms with Crippen LogP contribution in [-0.2, 0) is 0 Å². The van der Waals surface area contributed by atoms with Gasteiger partial charge >= 0.3 is 0 Å². The molecule has 3 aromatic heterocycles. The van der Waals surface area contributed by atoms with Gasteiger partial charge in [-0.25, -0.2) is 0 Å². The van der Waals surface area contributed by atoms with Crippen molar-refractivity contribution in [3.05, 3.63) is 65.2 Å². The summed E-state index contributed by atoms with van der Waals surface area (Å²) in [5, 5.41) is 14.9. The molecule has 6 nitrogen and oxygen atoms in total. The van der Waals surface area contributed by atoms with Gasteiger partial charge in [0.15, 0.2) is 5.76 Å². The van der Waals surface area contributed by atoms with E-state index in [0.717, 1.165) is 27.3 Å². The van der Waals surface area contributed by atoms with E-state index in [1.807, 2.05) is 66.7 Å². The van der Waals surface area contributed by atoms with Gasteiger partial charge in [-0.3, -0.25) is 0 Å². The molecule has 0 aliphatic carbocycles. The summed E-state index contributed by atoms with van der Waals surface area (Å²) in [6, 6.07) is 17.6. The molecule has 0 aliphatic heterocycles. The van der Waals surface area contributed by atoms with Crippen LogP contribution in [0.2, 0.25) is 0 Å². The van der Waals surface area contributed by atoms with Crippen molar-refractivity contribution in [3.63, 3.8) is 0 Å². The lowest BCUT2D eigenvalue weighted by atomic mass is 10.2. The second-order valence-electron chi connectivity index (χ2n) is 5.88. The number of furan rings is 1. The molecule has 3 heterocycles. The molecule has 0 radical (unpaired) electrons. The van der Waals surface area contributed by atoms with Crippen LogP contribution >= 0.6 is 11.3 Å². The molecule has 0 unspecified atom stereocenters. The highest BCUT2D eigenvalue weighted by Gasteiger charge is 2.16. The molecule has 5 rings (SSSR count). The number of hydrogen-bond acceptors (Lipinski definition) is 6. The van der Waals surface area contributed by atoms with E-state index >= 15 is 0 Å². The first-order valence-corrected chi connectivity index (χ1v) is 9.16. The molecule has 7 heteroatoms. The number of aromatic nitrogens is 4. The number of para-hydroxylation sites is 2. The van der Waals surface area contributed by atoms with Gasteiger partial charge in [0.25, 0.3) is 0 Å². The minimum atomic E-state index is 0.592. The van der Waals surface area contributed by atoms with Gasteiger partial charge in [0.2, 0.25) is 10.8 Å².